The van der Waals surface area contributed by atoms with Gasteiger partial charge in [-0.3, -0.25) is 9.89 Å². The first-order valence-electron chi connectivity index (χ1n) is 8.44. The predicted molar refractivity (Wildman–Crippen MR) is 93.2 cm³/mol. The van der Waals surface area contributed by atoms with Gasteiger partial charge in [0.25, 0.3) is 5.91 Å². The molecule has 0 spiro atoms. The highest BCUT2D eigenvalue weighted by Crippen LogP contribution is 2.25. The number of nitrogens with one attached hydrogen (secondary N) is 2. The zero-order valence-electron chi connectivity index (χ0n) is 15.2. The Hall–Kier alpha value is -2.97. The van der Waals surface area contributed by atoms with E-state index < -0.39 is 29.2 Å². The summed E-state index contributed by atoms with van der Waals surface area (Å²) in [5, 5.41) is 9.36. The Morgan fingerprint density at radius 1 is 1.30 bits per heavy atom. The first-order valence-corrected chi connectivity index (χ1v) is 8.44. The number of nitrogens with zero attached hydrogens (tertiary/aromatic N) is 2. The van der Waals surface area contributed by atoms with Gasteiger partial charge in [-0.1, -0.05) is 0 Å². The number of fused-ring (bicyclic) bond motifs is 1. The molecule has 0 saturated heterocycles. The third-order valence-electron chi connectivity index (χ3n) is 3.99. The lowest BCUT2D eigenvalue weighted by atomic mass is 10.1. The monoisotopic (exact) mass is 378 g/mol. The van der Waals surface area contributed by atoms with Crippen LogP contribution in [-0.4, -0.2) is 39.2 Å². The van der Waals surface area contributed by atoms with Crippen LogP contribution in [0, 0.1) is 11.6 Å². The second-order valence-electron chi connectivity index (χ2n) is 7.26. The highest BCUT2D eigenvalue weighted by molar-refractivity contribution is 6.04. The minimum Gasteiger partial charge on any atom is -0.444 e. The van der Waals surface area contributed by atoms with Gasteiger partial charge >= 0.3 is 6.09 Å². The molecule has 1 aliphatic heterocycles. The Kier molecular flexibility index (Phi) is 4.86. The quantitative estimate of drug-likeness (QED) is 0.840. The van der Waals surface area contributed by atoms with E-state index in [0.29, 0.717) is 24.7 Å². The van der Waals surface area contributed by atoms with Gasteiger partial charge in [0.1, 0.15) is 17.2 Å². The number of ether oxygens (including phenoxy) is 1. The highest BCUT2D eigenvalue weighted by Gasteiger charge is 2.29. The third kappa shape index (κ3) is 4.24. The largest absolute Gasteiger partial charge is 0.444 e. The Morgan fingerprint density at radius 3 is 2.70 bits per heavy atom. The number of carbonyl (C=O) groups is 2. The number of amides is 2. The fourth-order valence-corrected chi connectivity index (χ4v) is 2.75. The summed E-state index contributed by atoms with van der Waals surface area (Å²) in [5.41, 5.74) is 0.538. The molecule has 27 heavy (non-hydrogen) atoms. The van der Waals surface area contributed by atoms with Gasteiger partial charge in [0.2, 0.25) is 0 Å². The zero-order valence-corrected chi connectivity index (χ0v) is 15.2. The molecule has 0 aliphatic carbocycles. The van der Waals surface area contributed by atoms with Gasteiger partial charge in [0.15, 0.2) is 5.82 Å². The molecule has 1 aliphatic rings. The van der Waals surface area contributed by atoms with E-state index in [1.54, 1.807) is 20.8 Å². The lowest BCUT2D eigenvalue weighted by molar-refractivity contribution is 0.0221. The van der Waals surface area contributed by atoms with Crippen molar-refractivity contribution < 1.29 is 23.1 Å². The van der Waals surface area contributed by atoms with E-state index >= 15 is 0 Å². The number of aromatic amines is 1. The van der Waals surface area contributed by atoms with E-state index in [-0.39, 0.29) is 17.9 Å². The van der Waals surface area contributed by atoms with Crippen molar-refractivity contribution in [2.24, 2.45) is 0 Å². The number of aromatic nitrogens is 2. The van der Waals surface area contributed by atoms with Crippen LogP contribution in [0.3, 0.4) is 0 Å². The number of benzene rings is 1. The van der Waals surface area contributed by atoms with Crippen LogP contribution in [0.1, 0.15) is 42.4 Å². The summed E-state index contributed by atoms with van der Waals surface area (Å²) < 4.78 is 32.1. The fourth-order valence-electron chi connectivity index (χ4n) is 2.75. The maximum Gasteiger partial charge on any atom is 0.410 e. The molecular formula is C18H20F2N4O3. The molecule has 0 bridgehead atoms. The second kappa shape index (κ2) is 6.98. The molecule has 0 atom stereocenters. The predicted octanol–water partition coefficient (Wildman–Crippen LogP) is 3.23. The average Bonchev–Trinajstić information content (AvgIpc) is 2.95. The molecule has 144 valence electrons. The standard InChI is InChI=1S/C18H20F2N4O3/c1-18(2,3)27-17(26)24-7-6-12-14(9-24)22-23-15(12)21-16(25)11-5-4-10(19)8-13(11)20/h4-5,8H,6-7,9H2,1-3H3,(H2,21,22,23,25). The average molecular weight is 378 g/mol. The summed E-state index contributed by atoms with van der Waals surface area (Å²) in [6.45, 7) is 6.03. The summed E-state index contributed by atoms with van der Waals surface area (Å²) in [7, 11) is 0. The van der Waals surface area contributed by atoms with Crippen molar-refractivity contribution in [2.45, 2.75) is 39.3 Å². The van der Waals surface area contributed by atoms with Crippen LogP contribution < -0.4 is 5.32 Å². The van der Waals surface area contributed by atoms with Crippen LogP contribution in [0.2, 0.25) is 0 Å². The minimum atomic E-state index is -0.951. The van der Waals surface area contributed by atoms with Crippen LogP contribution >= 0.6 is 0 Å². The molecule has 3 rings (SSSR count). The number of carbonyl (C=O) groups excluding carboxylic acids is 2. The van der Waals surface area contributed by atoms with Crippen molar-refractivity contribution in [3.63, 3.8) is 0 Å². The van der Waals surface area contributed by atoms with Crippen LogP contribution in [0.15, 0.2) is 18.2 Å². The SMILES string of the molecule is CC(C)(C)OC(=O)N1CCc2c(NC(=O)c3ccc(F)cc3F)n[nH]c2C1. The molecule has 9 heteroatoms. The molecule has 0 radical (unpaired) electrons. The molecule has 0 fully saturated rings. The highest BCUT2D eigenvalue weighted by atomic mass is 19.1. The van der Waals surface area contributed by atoms with Gasteiger partial charge in [0.05, 0.1) is 17.8 Å². The lowest BCUT2D eigenvalue weighted by Gasteiger charge is -2.29. The summed E-state index contributed by atoms with van der Waals surface area (Å²) in [4.78, 5) is 26.0. The number of hydrogen-bond acceptors (Lipinski definition) is 4. The number of anilines is 1. The van der Waals surface area contributed by atoms with Gasteiger partial charge in [0, 0.05) is 18.2 Å². The zero-order chi connectivity index (χ0) is 19.8. The minimum absolute atomic E-state index is 0.262. The molecule has 1 aromatic carbocycles. The maximum absolute atomic E-state index is 13.8. The second-order valence-corrected chi connectivity index (χ2v) is 7.26. The third-order valence-corrected chi connectivity index (χ3v) is 3.99. The van der Waals surface area contributed by atoms with Crippen molar-refractivity contribution in [3.05, 3.63) is 46.7 Å². The molecule has 2 amide bonds. The first-order chi connectivity index (χ1) is 12.6. The Balaban J connectivity index is 1.71. The van der Waals surface area contributed by atoms with Crippen LogP contribution in [0.4, 0.5) is 19.4 Å². The number of H-pyrrole nitrogens is 1. The Labute approximate surface area is 154 Å². The summed E-state index contributed by atoms with van der Waals surface area (Å²) in [5.74, 6) is -2.17. The molecule has 7 nitrogen and oxygen atoms in total. The molecule has 2 N–H and O–H groups in total. The van der Waals surface area contributed by atoms with Crippen LogP contribution in [0.25, 0.3) is 0 Å². The van der Waals surface area contributed by atoms with Crippen molar-refractivity contribution in [2.75, 3.05) is 11.9 Å². The summed E-state index contributed by atoms with van der Waals surface area (Å²) >= 11 is 0. The molecule has 2 heterocycles. The van der Waals surface area contributed by atoms with Gasteiger partial charge in [-0.05, 0) is 39.3 Å². The Bertz CT molecular complexity index is 889. The first kappa shape index (κ1) is 18.8. The van der Waals surface area contributed by atoms with E-state index in [2.05, 4.69) is 15.5 Å². The normalized spacial score (nSPS) is 13.9. The van der Waals surface area contributed by atoms with Crippen molar-refractivity contribution >= 4 is 17.8 Å². The summed E-state index contributed by atoms with van der Waals surface area (Å²) in [6, 6.07) is 2.73. The topological polar surface area (TPSA) is 87.3 Å². The van der Waals surface area contributed by atoms with Gasteiger partial charge in [-0.15, -0.1) is 0 Å². The fraction of sp³-hybridized carbons (Fsp3) is 0.389. The summed E-state index contributed by atoms with van der Waals surface area (Å²) in [6.07, 6.45) is 0.0220. The number of rotatable bonds is 2. The molecular weight excluding hydrogens is 358 g/mol. The van der Waals surface area contributed by atoms with Crippen molar-refractivity contribution in [1.29, 1.82) is 0 Å². The maximum atomic E-state index is 13.8. The molecule has 2 aromatic rings. The van der Waals surface area contributed by atoms with E-state index in [9.17, 15) is 18.4 Å². The van der Waals surface area contributed by atoms with E-state index in [1.165, 1.54) is 4.90 Å². The molecule has 1 aromatic heterocycles. The smallest absolute Gasteiger partial charge is 0.410 e. The number of halogens is 2. The van der Waals surface area contributed by atoms with Crippen LogP contribution in [0.5, 0.6) is 0 Å². The van der Waals surface area contributed by atoms with Gasteiger partial charge in [-0.2, -0.15) is 5.10 Å². The Morgan fingerprint density at radius 2 is 2.04 bits per heavy atom. The number of hydrogen-bond donors (Lipinski definition) is 2. The van der Waals surface area contributed by atoms with Crippen molar-refractivity contribution in [1.82, 2.24) is 15.1 Å². The van der Waals surface area contributed by atoms with E-state index in [1.807, 2.05) is 0 Å². The van der Waals surface area contributed by atoms with Gasteiger partial charge in [-0.25, -0.2) is 13.6 Å². The lowest BCUT2D eigenvalue weighted by Crippen LogP contribution is -2.39. The van der Waals surface area contributed by atoms with E-state index in [4.69, 9.17) is 4.74 Å². The van der Waals surface area contributed by atoms with E-state index in [0.717, 1.165) is 17.7 Å². The van der Waals surface area contributed by atoms with Gasteiger partial charge < -0.3 is 15.0 Å². The van der Waals surface area contributed by atoms with Crippen LogP contribution in [-0.2, 0) is 17.7 Å². The molecule has 0 unspecified atom stereocenters. The molecule has 0 saturated carbocycles. The van der Waals surface area contributed by atoms with Crippen molar-refractivity contribution in [3.8, 4) is 0 Å².